The maximum atomic E-state index is 7.57. The zero-order valence-corrected chi connectivity index (χ0v) is 11.1. The first-order valence-electron chi connectivity index (χ1n) is 6.27. The minimum Gasteiger partial charge on any atom is -0.397 e. The second kappa shape index (κ2) is 7.24. The monoisotopic (exact) mass is 215 g/mol. The van der Waals surface area contributed by atoms with Gasteiger partial charge in [-0.1, -0.05) is 33.6 Å². The van der Waals surface area contributed by atoms with E-state index < -0.39 is 0 Å². The lowest BCUT2D eigenvalue weighted by atomic mass is 9.77. The van der Waals surface area contributed by atoms with Crippen LogP contribution < -0.4 is 5.32 Å². The van der Waals surface area contributed by atoms with Crippen molar-refractivity contribution in [2.24, 2.45) is 11.3 Å². The summed E-state index contributed by atoms with van der Waals surface area (Å²) < 4.78 is 0. The Labute approximate surface area is 95.5 Å². The lowest BCUT2D eigenvalue weighted by molar-refractivity contribution is 0.192. The first kappa shape index (κ1) is 14.9. The Hall–Kier alpha value is -0.0800. The summed E-state index contributed by atoms with van der Waals surface area (Å²) in [7, 11) is 2.11. The highest BCUT2D eigenvalue weighted by molar-refractivity contribution is 4.89. The number of nitrogens with one attached hydrogen (secondary N) is 1. The van der Waals surface area contributed by atoms with Crippen LogP contribution in [0.15, 0.2) is 0 Å². The zero-order valence-electron chi connectivity index (χ0n) is 11.1. The van der Waals surface area contributed by atoms with Gasteiger partial charge in [-0.25, -0.2) is 0 Å². The van der Waals surface area contributed by atoms with Gasteiger partial charge in [0, 0.05) is 12.6 Å². The van der Waals surface area contributed by atoms with Crippen LogP contribution in [0.1, 0.15) is 53.4 Å². The summed E-state index contributed by atoms with van der Waals surface area (Å²) in [6.45, 7) is 9.11. The first-order chi connectivity index (χ1) is 6.99. The second-order valence-corrected chi connectivity index (χ2v) is 5.29. The number of hydrogen-bond acceptors (Lipinski definition) is 2. The molecule has 0 saturated heterocycles. The van der Waals surface area contributed by atoms with Crippen molar-refractivity contribution in [1.29, 1.82) is 0 Å². The van der Waals surface area contributed by atoms with Crippen molar-refractivity contribution in [1.82, 2.24) is 5.32 Å². The summed E-state index contributed by atoms with van der Waals surface area (Å²) in [5.41, 5.74) is 0.491. The van der Waals surface area contributed by atoms with E-state index in [0.29, 0.717) is 11.5 Å². The van der Waals surface area contributed by atoms with E-state index in [0.717, 1.165) is 5.92 Å². The van der Waals surface area contributed by atoms with Gasteiger partial charge in [0.1, 0.15) is 0 Å². The fourth-order valence-electron chi connectivity index (χ4n) is 2.81. The van der Waals surface area contributed by atoms with Gasteiger partial charge < -0.3 is 10.4 Å². The minimum atomic E-state index is 0.250. The standard InChI is InChI=1S/C11H23N.C2H6O/c1-9-7-5-6-8-11(2,3)10(9)12-4;1-2-3/h9-10,12H,5-8H2,1-4H3;3H,2H2,1H3. The van der Waals surface area contributed by atoms with E-state index in [1.807, 2.05) is 0 Å². The Kier molecular flexibility index (Phi) is 7.20. The lowest BCUT2D eigenvalue weighted by Crippen LogP contribution is -2.43. The highest BCUT2D eigenvalue weighted by Crippen LogP contribution is 2.36. The van der Waals surface area contributed by atoms with Gasteiger partial charge in [0.2, 0.25) is 0 Å². The molecule has 1 rings (SSSR count). The van der Waals surface area contributed by atoms with Gasteiger partial charge in [0.05, 0.1) is 0 Å². The van der Waals surface area contributed by atoms with Crippen molar-refractivity contribution in [3.8, 4) is 0 Å². The quantitative estimate of drug-likeness (QED) is 0.659. The Morgan fingerprint density at radius 3 is 2.33 bits per heavy atom. The summed E-state index contributed by atoms with van der Waals surface area (Å²) in [6, 6.07) is 0.708. The van der Waals surface area contributed by atoms with Gasteiger partial charge in [0.25, 0.3) is 0 Å². The molecule has 92 valence electrons. The van der Waals surface area contributed by atoms with Crippen LogP contribution in [-0.2, 0) is 0 Å². The van der Waals surface area contributed by atoms with Gasteiger partial charge in [0.15, 0.2) is 0 Å². The average molecular weight is 215 g/mol. The number of hydrogen-bond donors (Lipinski definition) is 2. The van der Waals surface area contributed by atoms with Gasteiger partial charge >= 0.3 is 0 Å². The summed E-state index contributed by atoms with van der Waals surface area (Å²) in [6.07, 6.45) is 5.61. The third-order valence-electron chi connectivity index (χ3n) is 3.45. The molecule has 2 nitrogen and oxygen atoms in total. The van der Waals surface area contributed by atoms with Crippen LogP contribution in [0.5, 0.6) is 0 Å². The second-order valence-electron chi connectivity index (χ2n) is 5.29. The van der Waals surface area contributed by atoms with Crippen molar-refractivity contribution < 1.29 is 5.11 Å². The van der Waals surface area contributed by atoms with Crippen molar-refractivity contribution in [2.45, 2.75) is 59.4 Å². The minimum absolute atomic E-state index is 0.250. The normalized spacial score (nSPS) is 30.0. The van der Waals surface area contributed by atoms with Crippen molar-refractivity contribution in [3.05, 3.63) is 0 Å². The largest absolute Gasteiger partial charge is 0.397 e. The molecule has 0 radical (unpaired) electrons. The van der Waals surface area contributed by atoms with Gasteiger partial charge in [-0.3, -0.25) is 0 Å². The predicted octanol–water partition coefficient (Wildman–Crippen LogP) is 2.81. The third kappa shape index (κ3) is 4.98. The van der Waals surface area contributed by atoms with E-state index >= 15 is 0 Å². The Morgan fingerprint density at radius 2 is 1.87 bits per heavy atom. The highest BCUT2D eigenvalue weighted by atomic mass is 16.2. The summed E-state index contributed by atoms with van der Waals surface area (Å²) in [5, 5.41) is 11.1. The Balaban J connectivity index is 0.000000583. The molecule has 2 unspecified atom stereocenters. The molecular weight excluding hydrogens is 186 g/mol. The molecule has 0 aliphatic heterocycles. The van der Waals surface area contributed by atoms with Crippen molar-refractivity contribution in [2.75, 3.05) is 13.7 Å². The van der Waals surface area contributed by atoms with E-state index in [9.17, 15) is 0 Å². The molecule has 0 heterocycles. The van der Waals surface area contributed by atoms with Crippen LogP contribution in [0.25, 0.3) is 0 Å². The number of rotatable bonds is 1. The Bertz CT molecular complexity index is 157. The molecule has 1 saturated carbocycles. The van der Waals surface area contributed by atoms with Crippen LogP contribution >= 0.6 is 0 Å². The van der Waals surface area contributed by atoms with Gasteiger partial charge in [-0.05, 0) is 38.1 Å². The van der Waals surface area contributed by atoms with Crippen molar-refractivity contribution >= 4 is 0 Å². The van der Waals surface area contributed by atoms with Crippen LogP contribution in [-0.4, -0.2) is 24.8 Å². The highest BCUT2D eigenvalue weighted by Gasteiger charge is 2.33. The lowest BCUT2D eigenvalue weighted by Gasteiger charge is -2.36. The SMILES string of the molecule is CCO.CNC1C(C)CCCCC1(C)C. The fourth-order valence-corrected chi connectivity index (χ4v) is 2.81. The number of aliphatic hydroxyl groups excluding tert-OH is 1. The summed E-state index contributed by atoms with van der Waals surface area (Å²) in [5.74, 6) is 0.840. The van der Waals surface area contributed by atoms with E-state index in [1.165, 1.54) is 25.7 Å². The molecule has 0 bridgehead atoms. The molecule has 0 aromatic heterocycles. The molecule has 15 heavy (non-hydrogen) atoms. The van der Waals surface area contributed by atoms with Gasteiger partial charge in [-0.2, -0.15) is 0 Å². The molecule has 0 aromatic rings. The molecule has 2 atom stereocenters. The molecule has 0 aromatic carbocycles. The van der Waals surface area contributed by atoms with E-state index in [2.05, 4.69) is 33.1 Å². The topological polar surface area (TPSA) is 32.3 Å². The van der Waals surface area contributed by atoms with E-state index in [4.69, 9.17) is 5.11 Å². The maximum absolute atomic E-state index is 7.57. The molecule has 0 spiro atoms. The molecule has 1 aliphatic rings. The molecule has 2 heteroatoms. The Morgan fingerprint density at radius 1 is 1.33 bits per heavy atom. The van der Waals surface area contributed by atoms with E-state index in [-0.39, 0.29) is 6.61 Å². The molecule has 2 N–H and O–H groups in total. The smallest absolute Gasteiger partial charge is 0.0402 e. The average Bonchev–Trinajstić information content (AvgIpc) is 2.25. The molecule has 1 fully saturated rings. The molecular formula is C13H29NO. The summed E-state index contributed by atoms with van der Waals surface area (Å²) in [4.78, 5) is 0. The third-order valence-corrected chi connectivity index (χ3v) is 3.45. The summed E-state index contributed by atoms with van der Waals surface area (Å²) >= 11 is 0. The van der Waals surface area contributed by atoms with E-state index in [1.54, 1.807) is 6.92 Å². The van der Waals surface area contributed by atoms with Crippen LogP contribution in [0.4, 0.5) is 0 Å². The number of aliphatic hydroxyl groups is 1. The first-order valence-corrected chi connectivity index (χ1v) is 6.27. The fraction of sp³-hybridized carbons (Fsp3) is 1.00. The molecule has 1 aliphatic carbocycles. The van der Waals surface area contributed by atoms with Crippen LogP contribution in [0, 0.1) is 11.3 Å². The maximum Gasteiger partial charge on any atom is 0.0402 e. The van der Waals surface area contributed by atoms with Crippen LogP contribution in [0.2, 0.25) is 0 Å². The van der Waals surface area contributed by atoms with Crippen molar-refractivity contribution in [3.63, 3.8) is 0 Å². The zero-order chi connectivity index (χ0) is 11.9. The predicted molar refractivity (Wildman–Crippen MR) is 67.0 cm³/mol. The van der Waals surface area contributed by atoms with Gasteiger partial charge in [-0.15, -0.1) is 0 Å². The molecule has 0 amide bonds. The van der Waals surface area contributed by atoms with Crippen LogP contribution in [0.3, 0.4) is 0 Å².